The molecule has 1 aromatic carbocycles. The first-order chi connectivity index (χ1) is 8.80. The molecule has 1 unspecified atom stereocenters. The molecule has 0 saturated heterocycles. The second kappa shape index (κ2) is 5.85. The number of carboxylic acid groups (broad SMARTS) is 1. The van der Waals surface area contributed by atoms with Crippen molar-refractivity contribution in [3.05, 3.63) is 33.3 Å². The summed E-state index contributed by atoms with van der Waals surface area (Å²) in [4.78, 5) is 21.0. The predicted octanol–water partition coefficient (Wildman–Crippen LogP) is 1.69. The van der Waals surface area contributed by atoms with Gasteiger partial charge in [0.25, 0.3) is 5.69 Å². The van der Waals surface area contributed by atoms with E-state index < -0.39 is 16.4 Å². The Morgan fingerprint density at radius 3 is 2.68 bits per heavy atom. The Morgan fingerprint density at radius 1 is 1.63 bits per heavy atom. The molecule has 0 aliphatic heterocycles. The first-order valence-electron chi connectivity index (χ1n) is 5.29. The third-order valence-corrected chi connectivity index (χ3v) is 2.96. The van der Waals surface area contributed by atoms with Crippen molar-refractivity contribution in [2.24, 2.45) is 0 Å². The van der Waals surface area contributed by atoms with E-state index in [1.165, 1.54) is 26.1 Å². The highest BCUT2D eigenvalue weighted by molar-refractivity contribution is 6.32. The Morgan fingerprint density at radius 2 is 2.26 bits per heavy atom. The van der Waals surface area contributed by atoms with Crippen LogP contribution in [0.2, 0.25) is 5.02 Å². The number of carboxylic acids is 1. The Hall–Kier alpha value is -1.86. The fourth-order valence-corrected chi connectivity index (χ4v) is 1.41. The maximum Gasteiger partial charge on any atom is 0.327 e. The maximum atomic E-state index is 11.0. The van der Waals surface area contributed by atoms with Gasteiger partial charge >= 0.3 is 5.97 Å². The Bertz CT molecular complexity index is 508. The highest BCUT2D eigenvalue weighted by atomic mass is 35.5. The number of non-ortho nitro benzene ring substituents is 1. The summed E-state index contributed by atoms with van der Waals surface area (Å²) in [6.07, 6.45) is 0. The molecule has 0 aliphatic carbocycles. The van der Waals surface area contributed by atoms with Crippen LogP contribution in [0.15, 0.2) is 18.2 Å². The van der Waals surface area contributed by atoms with Gasteiger partial charge in [-0.25, -0.2) is 0 Å². The number of halogens is 1. The van der Waals surface area contributed by atoms with E-state index >= 15 is 0 Å². The van der Waals surface area contributed by atoms with E-state index in [0.29, 0.717) is 0 Å². The number of nitrogens with one attached hydrogen (secondary N) is 1. The zero-order valence-electron chi connectivity index (χ0n) is 10.3. The number of benzene rings is 1. The van der Waals surface area contributed by atoms with Crippen molar-refractivity contribution in [2.45, 2.75) is 12.5 Å². The molecule has 0 fully saturated rings. The van der Waals surface area contributed by atoms with Gasteiger partial charge in [0.15, 0.2) is 0 Å². The minimum Gasteiger partial charge on any atom is -0.489 e. The molecule has 0 heterocycles. The molecular formula is C11H13ClN2O5. The number of carbonyl (C=O) groups is 1. The largest absolute Gasteiger partial charge is 0.489 e. The van der Waals surface area contributed by atoms with Crippen molar-refractivity contribution in [1.82, 2.24) is 5.32 Å². The second-order valence-electron chi connectivity index (χ2n) is 4.05. The molecule has 0 saturated carbocycles. The third kappa shape index (κ3) is 3.55. The number of hydrogen-bond acceptors (Lipinski definition) is 5. The molecule has 8 heteroatoms. The van der Waals surface area contributed by atoms with Crippen molar-refractivity contribution in [1.29, 1.82) is 0 Å². The van der Waals surface area contributed by atoms with E-state index in [9.17, 15) is 14.9 Å². The average Bonchev–Trinajstić information content (AvgIpc) is 2.36. The van der Waals surface area contributed by atoms with Crippen LogP contribution in [-0.4, -0.2) is 35.2 Å². The quantitative estimate of drug-likeness (QED) is 0.610. The lowest BCUT2D eigenvalue weighted by Crippen LogP contribution is -2.52. The molecule has 0 amide bonds. The third-order valence-electron chi connectivity index (χ3n) is 2.67. The Labute approximate surface area is 114 Å². The highest BCUT2D eigenvalue weighted by Gasteiger charge is 2.32. The van der Waals surface area contributed by atoms with Gasteiger partial charge in [0, 0.05) is 12.1 Å². The van der Waals surface area contributed by atoms with E-state index in [2.05, 4.69) is 5.32 Å². The Kier molecular flexibility index (Phi) is 4.68. The van der Waals surface area contributed by atoms with Crippen molar-refractivity contribution in [3.8, 4) is 5.75 Å². The van der Waals surface area contributed by atoms with Gasteiger partial charge in [0.2, 0.25) is 0 Å². The molecule has 104 valence electrons. The highest BCUT2D eigenvalue weighted by Crippen LogP contribution is 2.29. The topological polar surface area (TPSA) is 102 Å². The summed E-state index contributed by atoms with van der Waals surface area (Å²) >= 11 is 5.83. The molecule has 1 atom stereocenters. The van der Waals surface area contributed by atoms with Crippen LogP contribution in [0.5, 0.6) is 5.75 Å². The number of aliphatic carboxylic acids is 1. The lowest BCUT2D eigenvalue weighted by molar-refractivity contribution is -0.384. The van der Waals surface area contributed by atoms with E-state index in [0.717, 1.165) is 6.07 Å². The lowest BCUT2D eigenvalue weighted by Gasteiger charge is -2.24. The van der Waals surface area contributed by atoms with Gasteiger partial charge in [0.05, 0.1) is 9.95 Å². The van der Waals surface area contributed by atoms with Gasteiger partial charge in [0.1, 0.15) is 17.9 Å². The summed E-state index contributed by atoms with van der Waals surface area (Å²) in [7, 11) is 1.49. The molecule has 0 radical (unpaired) electrons. The molecule has 0 aromatic heterocycles. The number of nitro benzene ring substituents is 1. The normalized spacial score (nSPS) is 13.6. The Balaban J connectivity index is 2.84. The fourth-order valence-electron chi connectivity index (χ4n) is 1.18. The van der Waals surface area contributed by atoms with Gasteiger partial charge in [-0.3, -0.25) is 14.9 Å². The molecule has 0 aliphatic rings. The van der Waals surface area contributed by atoms with Gasteiger partial charge in [-0.15, -0.1) is 0 Å². The van der Waals surface area contributed by atoms with Crippen molar-refractivity contribution in [2.75, 3.05) is 13.7 Å². The van der Waals surface area contributed by atoms with Gasteiger partial charge in [-0.1, -0.05) is 11.6 Å². The van der Waals surface area contributed by atoms with E-state index in [1.807, 2.05) is 0 Å². The first kappa shape index (κ1) is 15.2. The van der Waals surface area contributed by atoms with Gasteiger partial charge < -0.3 is 15.2 Å². The van der Waals surface area contributed by atoms with Crippen molar-refractivity contribution < 1.29 is 19.6 Å². The number of hydrogen-bond donors (Lipinski definition) is 2. The number of nitrogens with zero attached hydrogens (tertiary/aromatic N) is 1. The predicted molar refractivity (Wildman–Crippen MR) is 68.7 cm³/mol. The number of nitro groups is 1. The van der Waals surface area contributed by atoms with E-state index in [4.69, 9.17) is 21.4 Å². The molecule has 1 aromatic rings. The monoisotopic (exact) mass is 288 g/mol. The second-order valence-corrected chi connectivity index (χ2v) is 4.45. The van der Waals surface area contributed by atoms with E-state index in [-0.39, 0.29) is 23.1 Å². The van der Waals surface area contributed by atoms with Crippen LogP contribution < -0.4 is 10.1 Å². The summed E-state index contributed by atoms with van der Waals surface area (Å²) < 4.78 is 5.29. The van der Waals surface area contributed by atoms with Crippen LogP contribution in [0.4, 0.5) is 5.69 Å². The minimum atomic E-state index is -1.27. The molecule has 0 spiro atoms. The van der Waals surface area contributed by atoms with Crippen LogP contribution >= 0.6 is 11.6 Å². The molecule has 0 bridgehead atoms. The zero-order valence-corrected chi connectivity index (χ0v) is 11.1. The SMILES string of the molecule is CNC(C)(COc1ccc([N+](=O)[O-])cc1Cl)C(=O)O. The molecule has 19 heavy (non-hydrogen) atoms. The minimum absolute atomic E-state index is 0.0537. The zero-order chi connectivity index (χ0) is 14.6. The summed E-state index contributed by atoms with van der Waals surface area (Å²) in [5.74, 6) is -0.886. The first-order valence-corrected chi connectivity index (χ1v) is 5.67. The average molecular weight is 289 g/mol. The number of ether oxygens (including phenoxy) is 1. The smallest absolute Gasteiger partial charge is 0.327 e. The van der Waals surface area contributed by atoms with Crippen LogP contribution in [-0.2, 0) is 4.79 Å². The van der Waals surface area contributed by atoms with Crippen LogP contribution in [0, 0.1) is 10.1 Å². The van der Waals surface area contributed by atoms with Crippen molar-refractivity contribution >= 4 is 23.3 Å². The van der Waals surface area contributed by atoms with Crippen LogP contribution in [0.3, 0.4) is 0 Å². The van der Waals surface area contributed by atoms with Crippen LogP contribution in [0.25, 0.3) is 0 Å². The maximum absolute atomic E-state index is 11.0. The summed E-state index contributed by atoms with van der Waals surface area (Å²) in [6.45, 7) is 1.28. The van der Waals surface area contributed by atoms with E-state index in [1.54, 1.807) is 0 Å². The molecular weight excluding hydrogens is 276 g/mol. The molecule has 2 N–H and O–H groups in total. The summed E-state index contributed by atoms with van der Waals surface area (Å²) in [5, 5.41) is 22.2. The fraction of sp³-hybridized carbons (Fsp3) is 0.364. The number of likely N-dealkylation sites (N-methyl/N-ethyl adjacent to an activating group) is 1. The van der Waals surface area contributed by atoms with Crippen molar-refractivity contribution in [3.63, 3.8) is 0 Å². The standard InChI is InChI=1S/C11H13ClN2O5/c1-11(13-2,10(15)16)6-19-9-4-3-7(14(17)18)5-8(9)12/h3-5,13H,6H2,1-2H3,(H,15,16). The summed E-state index contributed by atoms with van der Waals surface area (Å²) in [5.41, 5.74) is -1.43. The number of rotatable bonds is 6. The lowest BCUT2D eigenvalue weighted by atomic mass is 10.1. The molecule has 7 nitrogen and oxygen atoms in total. The molecule has 1 rings (SSSR count). The van der Waals surface area contributed by atoms with Gasteiger partial charge in [-0.05, 0) is 20.0 Å². The summed E-state index contributed by atoms with van der Waals surface area (Å²) in [6, 6.07) is 3.71. The van der Waals surface area contributed by atoms with Gasteiger partial charge in [-0.2, -0.15) is 0 Å². The van der Waals surface area contributed by atoms with Crippen LogP contribution in [0.1, 0.15) is 6.92 Å².